The molecule has 2 rings (SSSR count). The Morgan fingerprint density at radius 2 is 1.67 bits per heavy atom. The number of benzene rings is 2. The zero-order valence-corrected chi connectivity index (χ0v) is 18.7. The minimum Gasteiger partial charge on any atom is -0.492 e. The fourth-order valence-corrected chi connectivity index (χ4v) is 2.96. The lowest BCUT2D eigenvalue weighted by Crippen LogP contribution is -2.23. The normalized spacial score (nSPS) is 11.4. The van der Waals surface area contributed by atoms with Crippen molar-refractivity contribution in [1.82, 2.24) is 0 Å². The molecule has 0 fully saturated rings. The van der Waals surface area contributed by atoms with Crippen LogP contribution in [0.25, 0.3) is 0 Å². The van der Waals surface area contributed by atoms with Gasteiger partial charge in [-0.1, -0.05) is 6.07 Å². The number of halogens is 1. The summed E-state index contributed by atoms with van der Waals surface area (Å²) >= 11 is 0. The molecule has 9 heteroatoms. The molecule has 4 N–H and O–H groups in total. The topological polar surface area (TPSA) is 106 Å². The number of hydrogen-bond donors (Lipinski definition) is 3. The van der Waals surface area contributed by atoms with Crippen molar-refractivity contribution in [3.8, 4) is 5.75 Å². The predicted octanol–water partition coefficient (Wildman–Crippen LogP) is 3.10. The minimum atomic E-state index is -3.28. The third-order valence-electron chi connectivity index (χ3n) is 3.29. The van der Waals surface area contributed by atoms with E-state index in [-0.39, 0.29) is 24.0 Å². The molecule has 2 aromatic carbocycles. The van der Waals surface area contributed by atoms with Crippen molar-refractivity contribution in [2.75, 3.05) is 29.4 Å². The number of aliphatic imine (C=N–C) groups is 1. The minimum absolute atomic E-state index is 0. The molecule has 0 radical (unpaired) electrons. The van der Waals surface area contributed by atoms with E-state index < -0.39 is 10.0 Å². The van der Waals surface area contributed by atoms with E-state index in [0.717, 1.165) is 23.1 Å². The zero-order chi connectivity index (χ0) is 19.2. The molecular formula is C18H25IN4O3S. The van der Waals surface area contributed by atoms with Crippen LogP contribution in [0.5, 0.6) is 5.75 Å². The molecule has 0 aliphatic heterocycles. The van der Waals surface area contributed by atoms with Crippen LogP contribution in [0.4, 0.5) is 11.4 Å². The Bertz CT molecular complexity index is 864. The van der Waals surface area contributed by atoms with Crippen LogP contribution in [0.3, 0.4) is 0 Å². The Labute approximate surface area is 177 Å². The van der Waals surface area contributed by atoms with Crippen LogP contribution in [0.2, 0.25) is 0 Å². The number of anilines is 2. The number of hydrogen-bond acceptors (Lipinski definition) is 4. The molecule has 0 spiro atoms. The first kappa shape index (κ1) is 23.0. The highest BCUT2D eigenvalue weighted by Gasteiger charge is 2.02. The summed E-state index contributed by atoms with van der Waals surface area (Å²) in [4.78, 5) is 4.23. The molecule has 0 aromatic heterocycles. The quantitative estimate of drug-likeness (QED) is 0.233. The van der Waals surface area contributed by atoms with E-state index in [1.165, 1.54) is 0 Å². The Morgan fingerprint density at radius 1 is 1.07 bits per heavy atom. The fraction of sp³-hybridized carbons (Fsp3) is 0.278. The molecule has 0 aliphatic rings. The van der Waals surface area contributed by atoms with E-state index in [9.17, 15) is 8.42 Å². The van der Waals surface area contributed by atoms with Gasteiger partial charge in [-0.15, -0.1) is 24.0 Å². The van der Waals surface area contributed by atoms with E-state index in [1.54, 1.807) is 24.3 Å². The smallest absolute Gasteiger partial charge is 0.229 e. The monoisotopic (exact) mass is 504 g/mol. The molecule has 7 nitrogen and oxygen atoms in total. The lowest BCUT2D eigenvalue weighted by atomic mass is 10.1. The summed E-state index contributed by atoms with van der Waals surface area (Å²) in [6.07, 6.45) is 1.10. The van der Waals surface area contributed by atoms with Gasteiger partial charge >= 0.3 is 0 Å². The molecular weight excluding hydrogens is 479 g/mol. The van der Waals surface area contributed by atoms with Crippen molar-refractivity contribution in [1.29, 1.82) is 0 Å². The van der Waals surface area contributed by atoms with Crippen molar-refractivity contribution < 1.29 is 13.2 Å². The summed E-state index contributed by atoms with van der Waals surface area (Å²) in [6, 6.07) is 12.7. The second-order valence-corrected chi connectivity index (χ2v) is 7.76. The molecule has 148 valence electrons. The number of nitrogens with one attached hydrogen (secondary N) is 2. The summed E-state index contributed by atoms with van der Waals surface area (Å²) in [6.45, 7) is 4.80. The highest BCUT2D eigenvalue weighted by molar-refractivity contribution is 14.0. The standard InChI is InChI=1S/C18H24N4O3S.HI/c1-13-10-14(2)12-16(11-13)21-18(19)20-8-9-25-17-6-4-15(5-7-17)22-26(3,23)24;/h4-7,10-12,22H,8-9H2,1-3H3,(H3,19,20,21);1H. The molecule has 27 heavy (non-hydrogen) atoms. The number of aryl methyl sites for hydroxylation is 2. The number of ether oxygens (including phenoxy) is 1. The zero-order valence-electron chi connectivity index (χ0n) is 15.5. The van der Waals surface area contributed by atoms with Gasteiger partial charge in [0, 0.05) is 11.4 Å². The van der Waals surface area contributed by atoms with E-state index >= 15 is 0 Å². The summed E-state index contributed by atoms with van der Waals surface area (Å²) in [5, 5.41) is 3.06. The summed E-state index contributed by atoms with van der Waals surface area (Å²) < 4.78 is 30.3. The van der Waals surface area contributed by atoms with Gasteiger partial charge in [0.1, 0.15) is 12.4 Å². The van der Waals surface area contributed by atoms with Crippen LogP contribution in [0, 0.1) is 13.8 Å². The first-order valence-electron chi connectivity index (χ1n) is 8.07. The lowest BCUT2D eigenvalue weighted by molar-refractivity contribution is 0.329. The van der Waals surface area contributed by atoms with E-state index in [0.29, 0.717) is 30.5 Å². The van der Waals surface area contributed by atoms with Crippen molar-refractivity contribution in [2.45, 2.75) is 13.8 Å². The van der Waals surface area contributed by atoms with Crippen LogP contribution >= 0.6 is 24.0 Å². The molecule has 0 heterocycles. The first-order valence-corrected chi connectivity index (χ1v) is 9.96. The van der Waals surface area contributed by atoms with Gasteiger partial charge in [0.05, 0.1) is 12.8 Å². The maximum atomic E-state index is 11.2. The summed E-state index contributed by atoms with van der Waals surface area (Å²) in [5.41, 5.74) is 9.57. The molecule has 0 amide bonds. The highest BCUT2D eigenvalue weighted by Crippen LogP contribution is 2.16. The Kier molecular flexibility index (Phi) is 8.83. The van der Waals surface area contributed by atoms with Crippen LogP contribution in [-0.2, 0) is 10.0 Å². The van der Waals surface area contributed by atoms with Crippen LogP contribution in [0.15, 0.2) is 47.5 Å². The highest BCUT2D eigenvalue weighted by atomic mass is 127. The van der Waals surface area contributed by atoms with Gasteiger partial charge < -0.3 is 15.8 Å². The van der Waals surface area contributed by atoms with Gasteiger partial charge in [0.15, 0.2) is 5.96 Å². The van der Waals surface area contributed by atoms with E-state index in [1.807, 2.05) is 26.0 Å². The van der Waals surface area contributed by atoms with E-state index in [4.69, 9.17) is 10.5 Å². The summed E-state index contributed by atoms with van der Waals surface area (Å²) in [5.74, 6) is 0.950. The SMILES string of the molecule is Cc1cc(C)cc(NC(N)=NCCOc2ccc(NS(C)(=O)=O)cc2)c1.I. The molecule has 0 saturated heterocycles. The van der Waals surface area contributed by atoms with Crippen LogP contribution in [-0.4, -0.2) is 33.8 Å². The predicted molar refractivity (Wildman–Crippen MR) is 122 cm³/mol. The molecule has 2 aromatic rings. The second-order valence-electron chi connectivity index (χ2n) is 6.02. The second kappa shape index (κ2) is 10.4. The van der Waals surface area contributed by atoms with Gasteiger partial charge in [0.2, 0.25) is 10.0 Å². The fourth-order valence-electron chi connectivity index (χ4n) is 2.40. The van der Waals surface area contributed by atoms with Gasteiger partial charge in [-0.05, 0) is 61.4 Å². The number of rotatable bonds is 7. The van der Waals surface area contributed by atoms with Gasteiger partial charge in [-0.2, -0.15) is 0 Å². The third kappa shape index (κ3) is 8.96. The van der Waals surface area contributed by atoms with Crippen molar-refractivity contribution in [3.63, 3.8) is 0 Å². The molecule has 0 bridgehead atoms. The molecule has 0 saturated carbocycles. The maximum Gasteiger partial charge on any atom is 0.229 e. The van der Waals surface area contributed by atoms with Gasteiger partial charge in [-0.25, -0.2) is 13.4 Å². The third-order valence-corrected chi connectivity index (χ3v) is 3.90. The number of nitrogens with two attached hydrogens (primary N) is 1. The Morgan fingerprint density at radius 3 is 2.22 bits per heavy atom. The van der Waals surface area contributed by atoms with Gasteiger partial charge in [-0.3, -0.25) is 4.72 Å². The Hall–Kier alpha value is -2.01. The lowest BCUT2D eigenvalue weighted by Gasteiger charge is -2.09. The number of sulfonamides is 1. The summed E-state index contributed by atoms with van der Waals surface area (Å²) in [7, 11) is -3.28. The Balaban J connectivity index is 0.00000364. The van der Waals surface area contributed by atoms with Crippen molar-refractivity contribution in [2.24, 2.45) is 10.7 Å². The largest absolute Gasteiger partial charge is 0.492 e. The average Bonchev–Trinajstić information content (AvgIpc) is 2.50. The van der Waals surface area contributed by atoms with Crippen LogP contribution in [0.1, 0.15) is 11.1 Å². The van der Waals surface area contributed by atoms with Crippen LogP contribution < -0.4 is 20.5 Å². The average molecular weight is 504 g/mol. The molecule has 0 atom stereocenters. The van der Waals surface area contributed by atoms with Crippen molar-refractivity contribution in [3.05, 3.63) is 53.6 Å². The van der Waals surface area contributed by atoms with Gasteiger partial charge in [0.25, 0.3) is 0 Å². The number of nitrogens with zero attached hydrogens (tertiary/aromatic N) is 1. The maximum absolute atomic E-state index is 11.2. The first-order chi connectivity index (χ1) is 12.2. The molecule has 0 unspecified atom stereocenters. The van der Waals surface area contributed by atoms with Crippen molar-refractivity contribution >= 4 is 51.3 Å². The molecule has 0 aliphatic carbocycles. The number of guanidine groups is 1. The van der Waals surface area contributed by atoms with E-state index in [2.05, 4.69) is 21.1 Å².